The monoisotopic (exact) mass is 716 g/mol. The lowest BCUT2D eigenvalue weighted by Crippen LogP contribution is -2.00. The molecule has 0 amide bonds. The lowest BCUT2D eigenvalue weighted by Gasteiger charge is -2.08. The van der Waals surface area contributed by atoms with E-state index < -0.39 is 0 Å². The van der Waals surface area contributed by atoms with Crippen molar-refractivity contribution in [1.82, 2.24) is 19.5 Å². The summed E-state index contributed by atoms with van der Waals surface area (Å²) in [5, 5.41) is 4.54. The number of fused-ring (bicyclic) bond motifs is 6. The second-order valence-electron chi connectivity index (χ2n) is 14.1. The standard InChI is InChI=1S/C51H32N4O/c1-5-13-33(14-6-1)36-22-26-45-42(29-36)43-30-37(23-27-46(43)55(45)40-19-11-4-12-20-40)38-24-28-47-44(31-38)41-25-21-39(32-48(41)56-47)51-53-49(34-15-7-2-8-16-34)52-50(54-51)35-17-9-3-10-18-35/h1-32H. The summed E-state index contributed by atoms with van der Waals surface area (Å²) in [6.45, 7) is 0. The lowest BCUT2D eigenvalue weighted by molar-refractivity contribution is 0.669. The molecule has 3 aromatic heterocycles. The number of benzene rings is 8. The van der Waals surface area contributed by atoms with Gasteiger partial charge in [0.2, 0.25) is 0 Å². The third-order valence-electron chi connectivity index (χ3n) is 10.6. The maximum atomic E-state index is 6.50. The van der Waals surface area contributed by atoms with Gasteiger partial charge in [0.05, 0.1) is 11.0 Å². The summed E-state index contributed by atoms with van der Waals surface area (Å²) < 4.78 is 8.86. The van der Waals surface area contributed by atoms with Gasteiger partial charge in [0.25, 0.3) is 0 Å². The molecule has 0 N–H and O–H groups in total. The van der Waals surface area contributed by atoms with E-state index in [0.29, 0.717) is 17.5 Å². The molecule has 0 unspecified atom stereocenters. The summed E-state index contributed by atoms with van der Waals surface area (Å²) in [7, 11) is 0. The Kier molecular flexibility index (Phi) is 7.42. The van der Waals surface area contributed by atoms with Crippen LogP contribution in [-0.4, -0.2) is 19.5 Å². The van der Waals surface area contributed by atoms with E-state index in [1.54, 1.807) is 0 Å². The van der Waals surface area contributed by atoms with Crippen LogP contribution >= 0.6 is 0 Å². The Morgan fingerprint density at radius 2 is 0.750 bits per heavy atom. The molecule has 0 saturated heterocycles. The Labute approximate surface area is 322 Å². The molecule has 0 spiro atoms. The van der Waals surface area contributed by atoms with Crippen LogP contribution in [0.5, 0.6) is 0 Å². The van der Waals surface area contributed by atoms with Gasteiger partial charge in [-0.25, -0.2) is 15.0 Å². The molecule has 0 radical (unpaired) electrons. The van der Waals surface area contributed by atoms with Gasteiger partial charge in [-0.05, 0) is 82.9 Å². The molecule has 5 heteroatoms. The molecule has 0 atom stereocenters. The number of rotatable bonds is 6. The highest BCUT2D eigenvalue weighted by atomic mass is 16.3. The zero-order valence-electron chi connectivity index (χ0n) is 30.2. The zero-order valence-corrected chi connectivity index (χ0v) is 30.2. The molecule has 8 aromatic carbocycles. The van der Waals surface area contributed by atoms with Crippen molar-refractivity contribution in [1.29, 1.82) is 0 Å². The van der Waals surface area contributed by atoms with Crippen LogP contribution in [0.15, 0.2) is 199 Å². The molecule has 5 nitrogen and oxygen atoms in total. The first-order valence-corrected chi connectivity index (χ1v) is 18.8. The second kappa shape index (κ2) is 13.0. The SMILES string of the molecule is c1ccc(-c2ccc3c(c2)c2cc(-c4ccc5oc6cc(-c7nc(-c8ccccc8)nc(-c8ccccc8)n7)ccc6c5c4)ccc2n3-c2ccccc2)cc1. The van der Waals surface area contributed by atoms with E-state index in [0.717, 1.165) is 55.4 Å². The first-order valence-electron chi connectivity index (χ1n) is 18.8. The topological polar surface area (TPSA) is 56.7 Å². The van der Waals surface area contributed by atoms with Crippen molar-refractivity contribution in [2.24, 2.45) is 0 Å². The number of furan rings is 1. The lowest BCUT2D eigenvalue weighted by atomic mass is 9.99. The van der Waals surface area contributed by atoms with Gasteiger partial charge in [-0.1, -0.05) is 133 Å². The number of hydrogen-bond donors (Lipinski definition) is 0. The molecule has 56 heavy (non-hydrogen) atoms. The average molecular weight is 717 g/mol. The third kappa shape index (κ3) is 5.45. The maximum Gasteiger partial charge on any atom is 0.164 e. The summed E-state index contributed by atoms with van der Waals surface area (Å²) in [4.78, 5) is 14.7. The summed E-state index contributed by atoms with van der Waals surface area (Å²) in [6.07, 6.45) is 0. The van der Waals surface area contributed by atoms with Crippen LogP contribution in [0.1, 0.15) is 0 Å². The average Bonchev–Trinajstić information content (AvgIpc) is 3.81. The minimum absolute atomic E-state index is 0.596. The van der Waals surface area contributed by atoms with Gasteiger partial charge < -0.3 is 8.98 Å². The highest BCUT2D eigenvalue weighted by Gasteiger charge is 2.17. The molecule has 11 aromatic rings. The Balaban J connectivity index is 1.03. The molecule has 3 heterocycles. The van der Waals surface area contributed by atoms with Crippen LogP contribution in [0.25, 0.3) is 106 Å². The van der Waals surface area contributed by atoms with Crippen LogP contribution in [0.4, 0.5) is 0 Å². The molecule has 0 bridgehead atoms. The van der Waals surface area contributed by atoms with Crippen LogP contribution < -0.4 is 0 Å². The normalized spacial score (nSPS) is 11.6. The minimum Gasteiger partial charge on any atom is -0.456 e. The molecule has 0 aliphatic heterocycles. The van der Waals surface area contributed by atoms with E-state index in [1.165, 1.54) is 32.9 Å². The van der Waals surface area contributed by atoms with Gasteiger partial charge in [-0.3, -0.25) is 0 Å². The number of para-hydroxylation sites is 1. The number of aromatic nitrogens is 4. The van der Waals surface area contributed by atoms with E-state index in [2.05, 4.69) is 132 Å². The van der Waals surface area contributed by atoms with Crippen LogP contribution in [-0.2, 0) is 0 Å². The summed E-state index contributed by atoms with van der Waals surface area (Å²) in [6, 6.07) is 67.6. The van der Waals surface area contributed by atoms with E-state index in [4.69, 9.17) is 19.4 Å². The molecule has 11 rings (SSSR count). The van der Waals surface area contributed by atoms with Gasteiger partial charge >= 0.3 is 0 Å². The Morgan fingerprint density at radius 1 is 0.304 bits per heavy atom. The fourth-order valence-electron chi connectivity index (χ4n) is 7.90. The Bertz CT molecular complexity index is 3170. The maximum absolute atomic E-state index is 6.50. The smallest absolute Gasteiger partial charge is 0.164 e. The predicted molar refractivity (Wildman–Crippen MR) is 229 cm³/mol. The van der Waals surface area contributed by atoms with E-state index in [1.807, 2.05) is 66.7 Å². The predicted octanol–water partition coefficient (Wildman–Crippen LogP) is 13.2. The third-order valence-corrected chi connectivity index (χ3v) is 10.6. The molecular weight excluding hydrogens is 685 g/mol. The molecule has 262 valence electrons. The van der Waals surface area contributed by atoms with Crippen molar-refractivity contribution in [3.8, 4) is 62.1 Å². The molecule has 0 saturated carbocycles. The quantitative estimate of drug-likeness (QED) is 0.172. The minimum atomic E-state index is 0.596. The highest BCUT2D eigenvalue weighted by Crippen LogP contribution is 2.39. The van der Waals surface area contributed by atoms with Crippen molar-refractivity contribution in [3.63, 3.8) is 0 Å². The van der Waals surface area contributed by atoms with E-state index >= 15 is 0 Å². The van der Waals surface area contributed by atoms with Crippen molar-refractivity contribution < 1.29 is 4.42 Å². The van der Waals surface area contributed by atoms with E-state index in [-0.39, 0.29) is 0 Å². The zero-order chi connectivity index (χ0) is 37.0. The van der Waals surface area contributed by atoms with Gasteiger partial charge in [0, 0.05) is 43.9 Å². The van der Waals surface area contributed by atoms with Crippen LogP contribution in [0, 0.1) is 0 Å². The molecule has 0 fully saturated rings. The van der Waals surface area contributed by atoms with Crippen LogP contribution in [0.2, 0.25) is 0 Å². The van der Waals surface area contributed by atoms with Crippen molar-refractivity contribution in [2.75, 3.05) is 0 Å². The molecular formula is C51H32N4O. The number of hydrogen-bond acceptors (Lipinski definition) is 4. The largest absolute Gasteiger partial charge is 0.456 e. The van der Waals surface area contributed by atoms with Crippen molar-refractivity contribution >= 4 is 43.7 Å². The van der Waals surface area contributed by atoms with Gasteiger partial charge in [-0.15, -0.1) is 0 Å². The Morgan fingerprint density at radius 3 is 1.32 bits per heavy atom. The highest BCUT2D eigenvalue weighted by molar-refractivity contribution is 6.12. The van der Waals surface area contributed by atoms with Crippen molar-refractivity contribution in [3.05, 3.63) is 194 Å². The van der Waals surface area contributed by atoms with Gasteiger partial charge in [0.15, 0.2) is 17.5 Å². The Hall–Kier alpha value is -7.63. The van der Waals surface area contributed by atoms with Crippen LogP contribution in [0.3, 0.4) is 0 Å². The first kappa shape index (κ1) is 31.9. The van der Waals surface area contributed by atoms with E-state index in [9.17, 15) is 0 Å². The van der Waals surface area contributed by atoms with Gasteiger partial charge in [-0.2, -0.15) is 0 Å². The second-order valence-corrected chi connectivity index (χ2v) is 14.1. The number of nitrogens with zero attached hydrogens (tertiary/aromatic N) is 4. The van der Waals surface area contributed by atoms with Crippen molar-refractivity contribution in [2.45, 2.75) is 0 Å². The summed E-state index contributed by atoms with van der Waals surface area (Å²) >= 11 is 0. The summed E-state index contributed by atoms with van der Waals surface area (Å²) in [5.41, 5.74) is 12.5. The fraction of sp³-hybridized carbons (Fsp3) is 0. The first-order chi connectivity index (χ1) is 27.7. The molecule has 0 aliphatic rings. The van der Waals surface area contributed by atoms with Gasteiger partial charge in [0.1, 0.15) is 11.2 Å². The molecule has 0 aliphatic carbocycles. The summed E-state index contributed by atoms with van der Waals surface area (Å²) in [5.74, 6) is 1.85. The fourth-order valence-corrected chi connectivity index (χ4v) is 7.90.